The Labute approximate surface area is 184 Å². The first-order chi connectivity index (χ1) is 15.1. The molecule has 1 fully saturated rings. The highest BCUT2D eigenvalue weighted by Crippen LogP contribution is 2.45. The number of nitrogens with zero attached hydrogens (tertiary/aromatic N) is 2. The summed E-state index contributed by atoms with van der Waals surface area (Å²) in [6.45, 7) is 3.72. The average Bonchev–Trinajstić information content (AvgIpc) is 2.93. The molecule has 2 aromatic rings. The van der Waals surface area contributed by atoms with E-state index in [0.717, 1.165) is 12.8 Å². The summed E-state index contributed by atoms with van der Waals surface area (Å²) in [6, 6.07) is 7.64. The molecule has 1 aromatic carbocycles. The number of pyridine rings is 1. The van der Waals surface area contributed by atoms with E-state index in [2.05, 4.69) is 15.0 Å². The van der Waals surface area contributed by atoms with E-state index >= 15 is 0 Å². The Kier molecular flexibility index (Phi) is 5.62. The number of fused-ring (bicyclic) bond motifs is 1. The Morgan fingerprint density at radius 1 is 1.19 bits per heavy atom. The van der Waals surface area contributed by atoms with Crippen LogP contribution in [0.25, 0.3) is 0 Å². The number of hydrogen-bond donors (Lipinski definition) is 1. The molecule has 2 aliphatic rings. The first-order valence-corrected chi connectivity index (χ1v) is 10.4. The van der Waals surface area contributed by atoms with E-state index < -0.39 is 12.0 Å². The number of anilines is 2. The summed E-state index contributed by atoms with van der Waals surface area (Å²) in [6.07, 6.45) is 2.76. The van der Waals surface area contributed by atoms with Gasteiger partial charge in [0.25, 0.3) is 5.91 Å². The van der Waals surface area contributed by atoms with Gasteiger partial charge in [-0.2, -0.15) is 8.78 Å². The molecule has 7 nitrogen and oxygen atoms in total. The molecule has 0 radical (unpaired) electrons. The van der Waals surface area contributed by atoms with Gasteiger partial charge in [-0.15, -0.1) is 0 Å². The van der Waals surface area contributed by atoms with Gasteiger partial charge in [-0.1, -0.05) is 0 Å². The van der Waals surface area contributed by atoms with Gasteiger partial charge in [-0.05, 0) is 63.4 Å². The maximum absolute atomic E-state index is 13.2. The fourth-order valence-electron chi connectivity index (χ4n) is 4.10. The molecule has 0 bridgehead atoms. The number of rotatable bonds is 5. The smallest absolute Gasteiger partial charge is 0.387 e. The van der Waals surface area contributed by atoms with Gasteiger partial charge in [0.05, 0.1) is 11.1 Å². The largest absolute Gasteiger partial charge is 0.435 e. The second-order valence-electron chi connectivity index (χ2n) is 8.85. The Balaban J connectivity index is 1.66. The van der Waals surface area contributed by atoms with Crippen molar-refractivity contribution in [3.63, 3.8) is 0 Å². The molecule has 1 saturated heterocycles. The molecule has 32 heavy (non-hydrogen) atoms. The lowest BCUT2D eigenvalue weighted by molar-refractivity contribution is -0.121. The molecule has 1 aromatic heterocycles. The molecule has 2 aliphatic heterocycles. The zero-order valence-corrected chi connectivity index (χ0v) is 18.2. The summed E-state index contributed by atoms with van der Waals surface area (Å²) in [4.78, 5) is 31.8. The zero-order chi connectivity index (χ0) is 23.1. The molecule has 1 N–H and O–H groups in total. The van der Waals surface area contributed by atoms with Crippen molar-refractivity contribution >= 4 is 23.3 Å². The van der Waals surface area contributed by atoms with Crippen molar-refractivity contribution in [2.24, 2.45) is 0 Å². The van der Waals surface area contributed by atoms with Crippen molar-refractivity contribution in [2.45, 2.75) is 51.2 Å². The maximum atomic E-state index is 13.2. The molecule has 4 rings (SSSR count). The minimum atomic E-state index is -2.98. The number of carbonyl (C=O) groups is 2. The Hall–Kier alpha value is -3.07. The lowest BCUT2D eigenvalue weighted by Crippen LogP contribution is -2.49. The third-order valence-electron chi connectivity index (χ3n) is 6.09. The van der Waals surface area contributed by atoms with Gasteiger partial charge in [0, 0.05) is 36.6 Å². The number of halogens is 2. The average molecular weight is 445 g/mol. The van der Waals surface area contributed by atoms with E-state index in [1.807, 2.05) is 6.92 Å². The molecule has 170 valence electrons. The molecule has 2 amide bonds. The molecule has 0 saturated carbocycles. The number of benzene rings is 1. The highest BCUT2D eigenvalue weighted by molar-refractivity contribution is 6.12. The lowest BCUT2D eigenvalue weighted by atomic mass is 9.85. The number of carbonyl (C=O) groups excluding carboxylic acids is 2. The van der Waals surface area contributed by atoms with Crippen molar-refractivity contribution < 1.29 is 27.8 Å². The first-order valence-electron chi connectivity index (χ1n) is 10.4. The van der Waals surface area contributed by atoms with E-state index in [-0.39, 0.29) is 28.9 Å². The van der Waals surface area contributed by atoms with Crippen LogP contribution in [0, 0.1) is 0 Å². The summed E-state index contributed by atoms with van der Waals surface area (Å²) in [5, 5.41) is 3.09. The quantitative estimate of drug-likeness (QED) is 0.754. The van der Waals surface area contributed by atoms with Gasteiger partial charge in [-0.3, -0.25) is 14.5 Å². The summed E-state index contributed by atoms with van der Waals surface area (Å²) in [7, 11) is 0. The summed E-state index contributed by atoms with van der Waals surface area (Å²) in [5.41, 5.74) is 0.377. The second-order valence-corrected chi connectivity index (χ2v) is 8.85. The van der Waals surface area contributed by atoms with Crippen LogP contribution in [0.15, 0.2) is 36.5 Å². The van der Waals surface area contributed by atoms with Crippen LogP contribution in [0.2, 0.25) is 0 Å². The highest BCUT2D eigenvalue weighted by atomic mass is 19.3. The predicted octanol–water partition coefficient (Wildman–Crippen LogP) is 3.94. The van der Waals surface area contributed by atoms with E-state index in [4.69, 9.17) is 4.74 Å². The van der Waals surface area contributed by atoms with Crippen LogP contribution in [0.1, 0.15) is 49.5 Å². The lowest BCUT2D eigenvalue weighted by Gasteiger charge is -2.34. The molecule has 0 spiro atoms. The van der Waals surface area contributed by atoms with E-state index in [9.17, 15) is 18.4 Å². The topological polar surface area (TPSA) is 80.8 Å². The molecule has 0 unspecified atom stereocenters. The van der Waals surface area contributed by atoms with Crippen molar-refractivity contribution in [1.82, 2.24) is 10.3 Å². The molecule has 3 heterocycles. The summed E-state index contributed by atoms with van der Waals surface area (Å²) in [5.74, 6) is -0.413. The van der Waals surface area contributed by atoms with E-state index in [0.29, 0.717) is 30.0 Å². The monoisotopic (exact) mass is 445 g/mol. The molecular weight excluding hydrogens is 420 g/mol. The normalized spacial score (nSPS) is 19.1. The van der Waals surface area contributed by atoms with Gasteiger partial charge in [-0.25, -0.2) is 4.98 Å². The second kappa shape index (κ2) is 8.12. The summed E-state index contributed by atoms with van der Waals surface area (Å²) < 4.78 is 35.1. The van der Waals surface area contributed by atoms with Crippen LogP contribution in [-0.2, 0) is 14.9 Å². The summed E-state index contributed by atoms with van der Waals surface area (Å²) >= 11 is 0. The van der Waals surface area contributed by atoms with E-state index in [1.54, 1.807) is 32.0 Å². The molecule has 9 heteroatoms. The van der Waals surface area contributed by atoms with Crippen LogP contribution in [0.5, 0.6) is 5.75 Å². The van der Waals surface area contributed by atoms with Gasteiger partial charge >= 0.3 is 6.61 Å². The van der Waals surface area contributed by atoms with Crippen LogP contribution in [-0.4, -0.2) is 42.2 Å². The number of nitrogens with one attached hydrogen (secondary N) is 1. The third kappa shape index (κ3) is 4.04. The number of hydrogen-bond acceptors (Lipinski definition) is 5. The Bertz CT molecular complexity index is 1050. The highest BCUT2D eigenvalue weighted by Gasteiger charge is 2.45. The fourth-order valence-corrected chi connectivity index (χ4v) is 4.10. The number of alkyl halides is 2. The van der Waals surface area contributed by atoms with Gasteiger partial charge < -0.3 is 14.8 Å². The Morgan fingerprint density at radius 3 is 2.59 bits per heavy atom. The third-order valence-corrected chi connectivity index (χ3v) is 6.09. The first kappa shape index (κ1) is 22.1. The standard InChI is InChI=1S/C23H25F2N3O4/c1-22(2)16-12-14(19(29)27-23(3)7-10-31-11-8-23)4-5-17(16)28(20(22)30)18-13-15(6-9-26-18)32-21(24)25/h4-6,9,12-13,21H,7-8,10-11H2,1-3H3,(H,27,29). The van der Waals surface area contributed by atoms with Crippen molar-refractivity contribution in [1.29, 1.82) is 0 Å². The molecular formula is C23H25F2N3O4. The minimum Gasteiger partial charge on any atom is -0.435 e. The molecule has 0 aliphatic carbocycles. The van der Waals surface area contributed by atoms with Gasteiger partial charge in [0.1, 0.15) is 11.6 Å². The number of aromatic nitrogens is 1. The van der Waals surface area contributed by atoms with Crippen LogP contribution in [0.4, 0.5) is 20.3 Å². The Morgan fingerprint density at radius 2 is 1.91 bits per heavy atom. The van der Waals surface area contributed by atoms with Crippen molar-refractivity contribution in [2.75, 3.05) is 18.1 Å². The van der Waals surface area contributed by atoms with Crippen LogP contribution in [0.3, 0.4) is 0 Å². The predicted molar refractivity (Wildman–Crippen MR) is 113 cm³/mol. The van der Waals surface area contributed by atoms with Gasteiger partial charge in [0.15, 0.2) is 0 Å². The zero-order valence-electron chi connectivity index (χ0n) is 18.2. The van der Waals surface area contributed by atoms with Crippen LogP contribution >= 0.6 is 0 Å². The number of ether oxygens (including phenoxy) is 2. The van der Waals surface area contributed by atoms with Crippen LogP contribution < -0.4 is 15.0 Å². The van der Waals surface area contributed by atoms with Crippen molar-refractivity contribution in [3.8, 4) is 5.75 Å². The maximum Gasteiger partial charge on any atom is 0.387 e. The minimum absolute atomic E-state index is 0.0928. The van der Waals surface area contributed by atoms with E-state index in [1.165, 1.54) is 23.2 Å². The fraction of sp³-hybridized carbons (Fsp3) is 0.435. The number of amides is 2. The molecule has 0 atom stereocenters. The van der Waals surface area contributed by atoms with Crippen molar-refractivity contribution in [3.05, 3.63) is 47.7 Å². The van der Waals surface area contributed by atoms with Gasteiger partial charge in [0.2, 0.25) is 5.91 Å². The SMILES string of the molecule is CC1(NC(=O)c2ccc3c(c2)C(C)(C)C(=O)N3c2cc(OC(F)F)ccn2)CCOCC1.